The molecule has 2 aromatic rings. The number of anilines is 1. The van der Waals surface area contributed by atoms with E-state index in [1.54, 1.807) is 0 Å². The number of rotatable bonds is 3. The predicted molar refractivity (Wildman–Crippen MR) is 79.7 cm³/mol. The molecule has 0 aliphatic carbocycles. The van der Waals surface area contributed by atoms with Crippen LogP contribution in [-0.2, 0) is 0 Å². The zero-order valence-corrected chi connectivity index (χ0v) is 11.1. The lowest BCUT2D eigenvalue weighted by molar-refractivity contribution is 0.189. The maximum absolute atomic E-state index is 8.96. The summed E-state index contributed by atoms with van der Waals surface area (Å²) in [5.74, 6) is 0. The van der Waals surface area contributed by atoms with Gasteiger partial charge >= 0.3 is 0 Å². The van der Waals surface area contributed by atoms with Crippen molar-refractivity contribution in [2.24, 2.45) is 0 Å². The van der Waals surface area contributed by atoms with Crippen molar-refractivity contribution in [2.75, 3.05) is 44.2 Å². The van der Waals surface area contributed by atoms with Crippen LogP contribution in [-0.4, -0.2) is 49.3 Å². The van der Waals surface area contributed by atoms with Gasteiger partial charge in [0.15, 0.2) is 0 Å². The molecule has 0 amide bonds. The number of nitrogens with zero attached hydrogens (tertiary/aromatic N) is 2. The molecule has 0 atom stereocenters. The lowest BCUT2D eigenvalue weighted by atomic mass is 10.1. The Morgan fingerprint density at radius 1 is 0.895 bits per heavy atom. The first-order valence-corrected chi connectivity index (χ1v) is 6.94. The first kappa shape index (κ1) is 12.5. The van der Waals surface area contributed by atoms with Crippen LogP contribution < -0.4 is 4.90 Å². The van der Waals surface area contributed by atoms with Crippen molar-refractivity contribution in [3.05, 3.63) is 42.5 Å². The van der Waals surface area contributed by atoms with Crippen molar-refractivity contribution >= 4 is 16.5 Å². The van der Waals surface area contributed by atoms with E-state index in [0.717, 1.165) is 32.7 Å². The van der Waals surface area contributed by atoms with E-state index in [1.807, 2.05) is 0 Å². The maximum Gasteiger partial charge on any atom is 0.0558 e. The molecule has 3 rings (SSSR count). The Kier molecular flexibility index (Phi) is 3.67. The summed E-state index contributed by atoms with van der Waals surface area (Å²) in [6.07, 6.45) is 0. The summed E-state index contributed by atoms with van der Waals surface area (Å²) in [5.41, 5.74) is 1.31. The monoisotopic (exact) mass is 256 g/mol. The van der Waals surface area contributed by atoms with E-state index in [1.165, 1.54) is 16.5 Å². The summed E-state index contributed by atoms with van der Waals surface area (Å²) in [7, 11) is 0. The highest BCUT2D eigenvalue weighted by molar-refractivity contribution is 5.85. The van der Waals surface area contributed by atoms with Crippen LogP contribution in [0.1, 0.15) is 0 Å². The van der Waals surface area contributed by atoms with E-state index in [4.69, 9.17) is 5.11 Å². The summed E-state index contributed by atoms with van der Waals surface area (Å²) in [5, 5.41) is 11.6. The molecule has 19 heavy (non-hydrogen) atoms. The van der Waals surface area contributed by atoms with Gasteiger partial charge in [0.2, 0.25) is 0 Å². The van der Waals surface area contributed by atoms with Crippen LogP contribution in [0.25, 0.3) is 10.8 Å². The van der Waals surface area contributed by atoms with Crippen molar-refractivity contribution in [1.82, 2.24) is 4.90 Å². The molecule has 1 aliphatic heterocycles. The molecule has 3 nitrogen and oxygen atoms in total. The molecule has 1 heterocycles. The van der Waals surface area contributed by atoms with Gasteiger partial charge in [-0.1, -0.05) is 30.3 Å². The van der Waals surface area contributed by atoms with Gasteiger partial charge < -0.3 is 10.0 Å². The molecule has 1 fully saturated rings. The molecule has 1 saturated heterocycles. The van der Waals surface area contributed by atoms with E-state index in [9.17, 15) is 0 Å². The average molecular weight is 256 g/mol. The zero-order chi connectivity index (χ0) is 13.1. The van der Waals surface area contributed by atoms with Crippen LogP contribution >= 0.6 is 0 Å². The van der Waals surface area contributed by atoms with Crippen LogP contribution in [0.3, 0.4) is 0 Å². The second kappa shape index (κ2) is 5.59. The Morgan fingerprint density at radius 2 is 1.63 bits per heavy atom. The van der Waals surface area contributed by atoms with Crippen LogP contribution in [0, 0.1) is 0 Å². The SMILES string of the molecule is OCCN1CCN(c2ccc3ccccc3c2)CC1. The topological polar surface area (TPSA) is 26.7 Å². The van der Waals surface area contributed by atoms with E-state index < -0.39 is 0 Å². The minimum absolute atomic E-state index is 0.260. The van der Waals surface area contributed by atoms with Gasteiger partial charge in [0, 0.05) is 38.4 Å². The van der Waals surface area contributed by atoms with Crippen molar-refractivity contribution in [1.29, 1.82) is 0 Å². The smallest absolute Gasteiger partial charge is 0.0558 e. The molecule has 100 valence electrons. The zero-order valence-electron chi connectivity index (χ0n) is 11.1. The highest BCUT2D eigenvalue weighted by Crippen LogP contribution is 2.22. The van der Waals surface area contributed by atoms with Gasteiger partial charge in [0.1, 0.15) is 0 Å². The van der Waals surface area contributed by atoms with Crippen LogP contribution in [0.5, 0.6) is 0 Å². The first-order chi connectivity index (χ1) is 9.36. The Morgan fingerprint density at radius 3 is 2.37 bits per heavy atom. The quantitative estimate of drug-likeness (QED) is 0.909. The van der Waals surface area contributed by atoms with E-state index >= 15 is 0 Å². The molecule has 0 radical (unpaired) electrons. The molecule has 0 unspecified atom stereocenters. The van der Waals surface area contributed by atoms with Gasteiger partial charge in [-0.25, -0.2) is 0 Å². The number of aliphatic hydroxyl groups excluding tert-OH is 1. The molecule has 1 N–H and O–H groups in total. The number of fused-ring (bicyclic) bond motifs is 1. The largest absolute Gasteiger partial charge is 0.395 e. The first-order valence-electron chi connectivity index (χ1n) is 6.94. The fraction of sp³-hybridized carbons (Fsp3) is 0.375. The summed E-state index contributed by atoms with van der Waals surface area (Å²) in [4.78, 5) is 4.75. The fourth-order valence-corrected chi connectivity index (χ4v) is 2.74. The molecule has 3 heteroatoms. The van der Waals surface area contributed by atoms with Crippen molar-refractivity contribution in [2.45, 2.75) is 0 Å². The molecule has 0 aromatic heterocycles. The third-order valence-corrected chi connectivity index (χ3v) is 3.89. The minimum Gasteiger partial charge on any atom is -0.395 e. The van der Waals surface area contributed by atoms with Crippen LogP contribution in [0.2, 0.25) is 0 Å². The lowest BCUT2D eigenvalue weighted by Gasteiger charge is -2.35. The van der Waals surface area contributed by atoms with Gasteiger partial charge in [-0.3, -0.25) is 4.90 Å². The third kappa shape index (κ3) is 2.72. The normalized spacial score (nSPS) is 17.0. The van der Waals surface area contributed by atoms with Gasteiger partial charge in [-0.2, -0.15) is 0 Å². The second-order valence-electron chi connectivity index (χ2n) is 5.08. The van der Waals surface area contributed by atoms with E-state index in [0.29, 0.717) is 0 Å². The van der Waals surface area contributed by atoms with E-state index in [-0.39, 0.29) is 6.61 Å². The molecular formula is C16H20N2O. The molecule has 0 spiro atoms. The standard InChI is InChI=1S/C16H20N2O/c19-12-11-17-7-9-18(10-8-17)16-6-5-14-3-1-2-4-15(14)13-16/h1-6,13,19H,7-12H2. The van der Waals surface area contributed by atoms with Crippen molar-refractivity contribution < 1.29 is 5.11 Å². The second-order valence-corrected chi connectivity index (χ2v) is 5.08. The number of aliphatic hydroxyl groups is 1. The van der Waals surface area contributed by atoms with Crippen LogP contribution in [0.15, 0.2) is 42.5 Å². The highest BCUT2D eigenvalue weighted by Gasteiger charge is 2.16. The molecule has 0 bridgehead atoms. The lowest BCUT2D eigenvalue weighted by Crippen LogP contribution is -2.47. The predicted octanol–water partition coefficient (Wildman–Crippen LogP) is 1.95. The Bertz CT molecular complexity index is 547. The summed E-state index contributed by atoms with van der Waals surface area (Å²) in [6, 6.07) is 15.2. The van der Waals surface area contributed by atoms with Crippen molar-refractivity contribution in [3.63, 3.8) is 0 Å². The minimum atomic E-state index is 0.260. The van der Waals surface area contributed by atoms with Crippen molar-refractivity contribution in [3.8, 4) is 0 Å². The Balaban J connectivity index is 1.74. The van der Waals surface area contributed by atoms with Crippen LogP contribution in [0.4, 0.5) is 5.69 Å². The average Bonchev–Trinajstić information content (AvgIpc) is 2.48. The number of hydrogen-bond acceptors (Lipinski definition) is 3. The maximum atomic E-state index is 8.96. The number of hydrogen-bond donors (Lipinski definition) is 1. The molecular weight excluding hydrogens is 236 g/mol. The van der Waals surface area contributed by atoms with E-state index in [2.05, 4.69) is 52.3 Å². The third-order valence-electron chi connectivity index (χ3n) is 3.89. The number of β-amino-alcohol motifs (C(OH)–C–C–N with tert-alkyl or cyclic N) is 1. The highest BCUT2D eigenvalue weighted by atomic mass is 16.3. The fourth-order valence-electron chi connectivity index (χ4n) is 2.74. The van der Waals surface area contributed by atoms with Gasteiger partial charge in [0.25, 0.3) is 0 Å². The summed E-state index contributed by atoms with van der Waals surface area (Å²) >= 11 is 0. The van der Waals surface area contributed by atoms with Gasteiger partial charge in [-0.05, 0) is 22.9 Å². The number of piperazine rings is 1. The Labute approximate surface area is 114 Å². The summed E-state index contributed by atoms with van der Waals surface area (Å²) < 4.78 is 0. The molecule has 0 saturated carbocycles. The summed E-state index contributed by atoms with van der Waals surface area (Å²) in [6.45, 7) is 5.21. The molecule has 2 aromatic carbocycles. The van der Waals surface area contributed by atoms with Gasteiger partial charge in [-0.15, -0.1) is 0 Å². The number of benzene rings is 2. The van der Waals surface area contributed by atoms with Gasteiger partial charge in [0.05, 0.1) is 6.61 Å². The Hall–Kier alpha value is -1.58. The molecule has 1 aliphatic rings.